The molecule has 1 heterocycles. The Labute approximate surface area is 71.5 Å². The van der Waals surface area contributed by atoms with Crippen LogP contribution in [0.4, 0.5) is 0 Å². The minimum absolute atomic E-state index is 0.224. The lowest BCUT2D eigenvalue weighted by atomic mass is 9.79. The van der Waals surface area contributed by atoms with Gasteiger partial charge in [-0.3, -0.25) is 9.59 Å². The monoisotopic (exact) mass is 167 g/mol. The number of Topliss-reactive ketones (excluding diaryl/α,β-unsaturated/α-hetero) is 1. The fourth-order valence-corrected chi connectivity index (χ4v) is 2.22. The Kier molecular flexibility index (Phi) is 1.87. The van der Waals surface area contributed by atoms with Gasteiger partial charge in [0.1, 0.15) is 0 Å². The molecule has 1 N–H and O–H groups in total. The lowest BCUT2D eigenvalue weighted by Crippen LogP contribution is -2.50. The van der Waals surface area contributed by atoms with E-state index in [1.165, 1.54) is 12.8 Å². The molecular weight excluding hydrogens is 154 g/mol. The van der Waals surface area contributed by atoms with Crippen LogP contribution in [0.2, 0.25) is 0 Å². The van der Waals surface area contributed by atoms with Crippen LogP contribution in [0.5, 0.6) is 0 Å². The Morgan fingerprint density at radius 2 is 1.92 bits per heavy atom. The molecule has 1 aliphatic heterocycles. The van der Waals surface area contributed by atoms with Crippen molar-refractivity contribution in [3.8, 4) is 0 Å². The summed E-state index contributed by atoms with van der Waals surface area (Å²) in [5.41, 5.74) is 0. The molecule has 0 aromatic heterocycles. The van der Waals surface area contributed by atoms with Crippen molar-refractivity contribution in [1.82, 2.24) is 5.32 Å². The van der Waals surface area contributed by atoms with Gasteiger partial charge in [0, 0.05) is 12.5 Å². The van der Waals surface area contributed by atoms with Gasteiger partial charge in [0.2, 0.25) is 5.78 Å². The summed E-state index contributed by atoms with van der Waals surface area (Å²) in [6, 6.07) is 0.295. The zero-order valence-corrected chi connectivity index (χ0v) is 7.01. The van der Waals surface area contributed by atoms with Crippen molar-refractivity contribution >= 4 is 11.7 Å². The number of rotatable bonds is 0. The van der Waals surface area contributed by atoms with Crippen LogP contribution >= 0.6 is 0 Å². The molecule has 1 saturated heterocycles. The van der Waals surface area contributed by atoms with Gasteiger partial charge < -0.3 is 5.32 Å². The third-order valence-corrected chi connectivity index (χ3v) is 2.93. The molecule has 0 aromatic rings. The van der Waals surface area contributed by atoms with Crippen LogP contribution in [0.15, 0.2) is 0 Å². The second-order valence-corrected chi connectivity index (χ2v) is 3.75. The van der Waals surface area contributed by atoms with E-state index < -0.39 is 0 Å². The standard InChI is InChI=1S/C9H13NO2/c11-8-5-6-3-1-2-4-7(6)10-9(8)12/h6-7H,1-5H2,(H,10,12). The first-order chi connectivity index (χ1) is 5.77. The summed E-state index contributed by atoms with van der Waals surface area (Å²) in [5, 5.41) is 2.78. The van der Waals surface area contributed by atoms with Crippen molar-refractivity contribution in [2.45, 2.75) is 38.1 Å². The predicted octanol–water partition coefficient (Wildman–Crippen LogP) is 0.634. The van der Waals surface area contributed by atoms with Crippen molar-refractivity contribution in [1.29, 1.82) is 0 Å². The largest absolute Gasteiger partial charge is 0.346 e. The Balaban J connectivity index is 2.07. The molecule has 2 fully saturated rings. The number of hydrogen-bond donors (Lipinski definition) is 1. The number of piperidine rings is 1. The van der Waals surface area contributed by atoms with E-state index in [0.717, 1.165) is 12.8 Å². The highest BCUT2D eigenvalue weighted by molar-refractivity contribution is 6.36. The van der Waals surface area contributed by atoms with E-state index in [-0.39, 0.29) is 11.7 Å². The molecule has 0 aromatic carbocycles. The van der Waals surface area contributed by atoms with Gasteiger partial charge in [-0.05, 0) is 18.8 Å². The van der Waals surface area contributed by atoms with E-state index in [1.54, 1.807) is 0 Å². The van der Waals surface area contributed by atoms with E-state index in [4.69, 9.17) is 0 Å². The topological polar surface area (TPSA) is 46.2 Å². The van der Waals surface area contributed by atoms with Crippen LogP contribution in [-0.2, 0) is 9.59 Å². The van der Waals surface area contributed by atoms with Gasteiger partial charge in [0.25, 0.3) is 5.91 Å². The first-order valence-electron chi connectivity index (χ1n) is 4.61. The van der Waals surface area contributed by atoms with Gasteiger partial charge in [-0.2, -0.15) is 0 Å². The average molecular weight is 167 g/mol. The number of carbonyl (C=O) groups is 2. The highest BCUT2D eigenvalue weighted by atomic mass is 16.2. The maximum atomic E-state index is 11.0. The Hall–Kier alpha value is -0.860. The molecule has 3 nitrogen and oxygen atoms in total. The second-order valence-electron chi connectivity index (χ2n) is 3.75. The molecule has 12 heavy (non-hydrogen) atoms. The third kappa shape index (κ3) is 1.24. The third-order valence-electron chi connectivity index (χ3n) is 2.93. The number of hydrogen-bond acceptors (Lipinski definition) is 2. The summed E-state index contributed by atoms with van der Waals surface area (Å²) < 4.78 is 0. The van der Waals surface area contributed by atoms with E-state index >= 15 is 0 Å². The normalized spacial score (nSPS) is 35.7. The highest BCUT2D eigenvalue weighted by Crippen LogP contribution is 2.29. The predicted molar refractivity (Wildman–Crippen MR) is 43.5 cm³/mol. The SMILES string of the molecule is O=C1CC2CCCCC2NC1=O. The molecule has 1 saturated carbocycles. The van der Waals surface area contributed by atoms with Crippen LogP contribution in [0.25, 0.3) is 0 Å². The number of ketones is 1. The van der Waals surface area contributed by atoms with Gasteiger partial charge >= 0.3 is 0 Å². The van der Waals surface area contributed by atoms with Gasteiger partial charge in [-0.25, -0.2) is 0 Å². The molecule has 0 bridgehead atoms. The Morgan fingerprint density at radius 3 is 2.75 bits per heavy atom. The van der Waals surface area contributed by atoms with Crippen LogP contribution < -0.4 is 5.32 Å². The molecule has 66 valence electrons. The van der Waals surface area contributed by atoms with Crippen molar-refractivity contribution in [2.75, 3.05) is 0 Å². The fraction of sp³-hybridized carbons (Fsp3) is 0.778. The number of nitrogens with one attached hydrogen (secondary N) is 1. The lowest BCUT2D eigenvalue weighted by molar-refractivity contribution is -0.142. The zero-order valence-electron chi connectivity index (χ0n) is 7.01. The van der Waals surface area contributed by atoms with Crippen molar-refractivity contribution < 1.29 is 9.59 Å². The van der Waals surface area contributed by atoms with E-state index in [9.17, 15) is 9.59 Å². The van der Waals surface area contributed by atoms with Gasteiger partial charge in [0.15, 0.2) is 0 Å². The van der Waals surface area contributed by atoms with Crippen LogP contribution in [0, 0.1) is 5.92 Å². The molecular formula is C9H13NO2. The first-order valence-corrected chi connectivity index (χ1v) is 4.61. The smallest absolute Gasteiger partial charge is 0.287 e. The number of fused-ring (bicyclic) bond motifs is 1. The maximum Gasteiger partial charge on any atom is 0.287 e. The van der Waals surface area contributed by atoms with E-state index in [0.29, 0.717) is 18.4 Å². The lowest BCUT2D eigenvalue weighted by Gasteiger charge is -2.34. The van der Waals surface area contributed by atoms with Gasteiger partial charge in [0.05, 0.1) is 0 Å². The van der Waals surface area contributed by atoms with Crippen LogP contribution in [0.3, 0.4) is 0 Å². The Morgan fingerprint density at radius 1 is 1.17 bits per heavy atom. The van der Waals surface area contributed by atoms with E-state index in [1.807, 2.05) is 0 Å². The molecule has 2 aliphatic rings. The molecule has 0 radical (unpaired) electrons. The highest BCUT2D eigenvalue weighted by Gasteiger charge is 2.35. The summed E-state index contributed by atoms with van der Waals surface area (Å²) in [5.74, 6) is -0.153. The quantitative estimate of drug-likeness (QED) is 0.538. The molecule has 3 heteroatoms. The Bertz CT molecular complexity index is 201. The molecule has 1 amide bonds. The maximum absolute atomic E-state index is 11.0. The molecule has 1 aliphatic carbocycles. The molecule has 0 spiro atoms. The average Bonchev–Trinajstić information content (AvgIpc) is 2.07. The summed E-state index contributed by atoms with van der Waals surface area (Å²) in [6.45, 7) is 0. The van der Waals surface area contributed by atoms with Crippen LogP contribution in [-0.4, -0.2) is 17.7 Å². The zero-order chi connectivity index (χ0) is 8.55. The summed E-state index contributed by atoms with van der Waals surface area (Å²) in [7, 11) is 0. The first kappa shape index (κ1) is 7.77. The molecule has 2 unspecified atom stereocenters. The van der Waals surface area contributed by atoms with Gasteiger partial charge in [-0.1, -0.05) is 12.8 Å². The van der Waals surface area contributed by atoms with Crippen LogP contribution in [0.1, 0.15) is 32.1 Å². The van der Waals surface area contributed by atoms with Crippen molar-refractivity contribution in [2.24, 2.45) is 5.92 Å². The summed E-state index contributed by atoms with van der Waals surface area (Å²) >= 11 is 0. The van der Waals surface area contributed by atoms with Gasteiger partial charge in [-0.15, -0.1) is 0 Å². The molecule has 2 atom stereocenters. The van der Waals surface area contributed by atoms with Crippen molar-refractivity contribution in [3.63, 3.8) is 0 Å². The molecule has 2 rings (SSSR count). The summed E-state index contributed by atoms with van der Waals surface area (Å²) in [6.07, 6.45) is 5.05. The second kappa shape index (κ2) is 2.88. The number of carbonyl (C=O) groups excluding carboxylic acids is 2. The van der Waals surface area contributed by atoms with E-state index in [2.05, 4.69) is 5.32 Å². The summed E-state index contributed by atoms with van der Waals surface area (Å²) in [4.78, 5) is 22.0. The van der Waals surface area contributed by atoms with Crippen molar-refractivity contribution in [3.05, 3.63) is 0 Å². The fourth-order valence-electron chi connectivity index (χ4n) is 2.22. The minimum Gasteiger partial charge on any atom is -0.346 e. The minimum atomic E-state index is -0.363. The number of amides is 1.